The number of aldehydes is 1. The number of hydrogen-bond acceptors (Lipinski definition) is 3. The van der Waals surface area contributed by atoms with E-state index >= 15 is 0 Å². The molecule has 0 aliphatic rings. The van der Waals surface area contributed by atoms with E-state index in [1.165, 1.54) is 18.2 Å². The Hall–Kier alpha value is -0.991. The van der Waals surface area contributed by atoms with E-state index < -0.39 is 0 Å². The van der Waals surface area contributed by atoms with Crippen LogP contribution in [0.15, 0.2) is 18.2 Å². The minimum Gasteiger partial charge on any atom is -0.507 e. The second kappa shape index (κ2) is 4.01. The van der Waals surface area contributed by atoms with Gasteiger partial charge in [-0.1, -0.05) is 6.07 Å². The van der Waals surface area contributed by atoms with Gasteiger partial charge in [0.1, 0.15) is 11.5 Å². The molecule has 0 aromatic heterocycles. The van der Waals surface area contributed by atoms with Crippen molar-refractivity contribution in [2.75, 3.05) is 0 Å². The molecule has 0 saturated heterocycles. The second-order valence-corrected chi connectivity index (χ2v) is 1.83. The standard InChI is InChI=1S/C7H6O3.Fe/c8-4-5-6(9)2-1-3-7(5)10;/h1-4,9-10H;. The molecule has 0 saturated carbocycles. The van der Waals surface area contributed by atoms with Gasteiger partial charge < -0.3 is 10.2 Å². The molecule has 0 fully saturated rings. The predicted octanol–water partition coefficient (Wildman–Crippen LogP) is 0.908. The van der Waals surface area contributed by atoms with Gasteiger partial charge in [0, 0.05) is 17.1 Å². The summed E-state index contributed by atoms with van der Waals surface area (Å²) < 4.78 is 0. The Labute approximate surface area is 74.1 Å². The predicted molar refractivity (Wildman–Crippen MR) is 35.2 cm³/mol. The molecule has 1 aromatic rings. The maximum Gasteiger partial charge on any atom is 0.157 e. The monoisotopic (exact) mass is 194 g/mol. The first-order valence-electron chi connectivity index (χ1n) is 2.72. The minimum absolute atomic E-state index is 0. The van der Waals surface area contributed by atoms with Crippen molar-refractivity contribution in [1.82, 2.24) is 0 Å². The Balaban J connectivity index is 0.000001000. The molecular formula is C7H6FeO3. The van der Waals surface area contributed by atoms with Crippen molar-refractivity contribution >= 4 is 6.29 Å². The van der Waals surface area contributed by atoms with Crippen molar-refractivity contribution < 1.29 is 32.1 Å². The number of aromatic hydroxyl groups is 2. The average molecular weight is 194 g/mol. The molecule has 0 spiro atoms. The molecule has 4 heteroatoms. The number of carbonyl (C=O) groups is 1. The van der Waals surface area contributed by atoms with E-state index in [0.29, 0.717) is 6.29 Å². The Kier molecular flexibility index (Phi) is 3.65. The number of benzene rings is 1. The van der Waals surface area contributed by atoms with Gasteiger partial charge >= 0.3 is 0 Å². The summed E-state index contributed by atoms with van der Waals surface area (Å²) in [6.45, 7) is 0. The van der Waals surface area contributed by atoms with Gasteiger partial charge in [-0.3, -0.25) is 4.79 Å². The van der Waals surface area contributed by atoms with Gasteiger partial charge in [-0.05, 0) is 12.1 Å². The molecule has 1 rings (SSSR count). The van der Waals surface area contributed by atoms with E-state index in [4.69, 9.17) is 10.2 Å². The third-order valence-electron chi connectivity index (χ3n) is 1.18. The van der Waals surface area contributed by atoms with Gasteiger partial charge in [0.25, 0.3) is 0 Å². The summed E-state index contributed by atoms with van der Waals surface area (Å²) >= 11 is 0. The van der Waals surface area contributed by atoms with Crippen LogP contribution in [0.2, 0.25) is 0 Å². The number of phenols is 2. The Morgan fingerprint density at radius 3 is 1.91 bits per heavy atom. The van der Waals surface area contributed by atoms with Crippen LogP contribution in [0.1, 0.15) is 10.4 Å². The van der Waals surface area contributed by atoms with Crippen LogP contribution in [0.4, 0.5) is 0 Å². The van der Waals surface area contributed by atoms with Crippen LogP contribution in [-0.4, -0.2) is 16.5 Å². The van der Waals surface area contributed by atoms with Crippen molar-refractivity contribution in [1.29, 1.82) is 0 Å². The normalized spacial score (nSPS) is 8.36. The summed E-state index contributed by atoms with van der Waals surface area (Å²) in [4.78, 5) is 10.1. The first-order chi connectivity index (χ1) is 4.75. The number of hydrogen-bond donors (Lipinski definition) is 2. The van der Waals surface area contributed by atoms with Crippen LogP contribution >= 0.6 is 0 Å². The zero-order valence-electron chi connectivity index (χ0n) is 5.47. The second-order valence-electron chi connectivity index (χ2n) is 1.83. The summed E-state index contributed by atoms with van der Waals surface area (Å²) in [7, 11) is 0. The van der Waals surface area contributed by atoms with Gasteiger partial charge in [0.05, 0.1) is 5.56 Å². The molecule has 11 heavy (non-hydrogen) atoms. The quantitative estimate of drug-likeness (QED) is 0.515. The fraction of sp³-hybridized carbons (Fsp3) is 0. The Bertz CT molecular complexity index is 240. The third kappa shape index (κ3) is 1.96. The molecule has 0 unspecified atom stereocenters. The van der Waals surface area contributed by atoms with Crippen molar-refractivity contribution in [3.05, 3.63) is 23.8 Å². The van der Waals surface area contributed by atoms with Crippen LogP contribution < -0.4 is 0 Å². The van der Waals surface area contributed by atoms with Crippen molar-refractivity contribution in [3.63, 3.8) is 0 Å². The summed E-state index contributed by atoms with van der Waals surface area (Å²) in [6, 6.07) is 4.13. The molecule has 60 valence electrons. The zero-order valence-corrected chi connectivity index (χ0v) is 6.57. The van der Waals surface area contributed by atoms with Crippen LogP contribution in [0.5, 0.6) is 11.5 Å². The van der Waals surface area contributed by atoms with Gasteiger partial charge in [0.15, 0.2) is 6.29 Å². The van der Waals surface area contributed by atoms with Crippen molar-refractivity contribution in [2.45, 2.75) is 0 Å². The summed E-state index contributed by atoms with van der Waals surface area (Å²) in [5.41, 5.74) is -0.0671. The first kappa shape index (κ1) is 10.0. The molecule has 2 N–H and O–H groups in total. The largest absolute Gasteiger partial charge is 0.507 e. The average Bonchev–Trinajstić information content (AvgIpc) is 1.88. The van der Waals surface area contributed by atoms with Gasteiger partial charge in [-0.25, -0.2) is 0 Å². The number of carbonyl (C=O) groups excluding carboxylic acids is 1. The van der Waals surface area contributed by atoms with Gasteiger partial charge in [-0.2, -0.15) is 0 Å². The maximum absolute atomic E-state index is 10.1. The molecule has 1 aromatic carbocycles. The zero-order chi connectivity index (χ0) is 7.56. The van der Waals surface area contributed by atoms with E-state index in [1.54, 1.807) is 0 Å². The van der Waals surface area contributed by atoms with Crippen molar-refractivity contribution in [3.8, 4) is 11.5 Å². The molecule has 0 aliphatic carbocycles. The molecular weight excluding hydrogens is 188 g/mol. The van der Waals surface area contributed by atoms with Crippen LogP contribution in [0.3, 0.4) is 0 Å². The van der Waals surface area contributed by atoms with E-state index in [9.17, 15) is 4.79 Å². The van der Waals surface area contributed by atoms with E-state index in [2.05, 4.69) is 0 Å². The van der Waals surface area contributed by atoms with Crippen LogP contribution in [-0.2, 0) is 17.1 Å². The molecule has 0 amide bonds. The summed E-state index contributed by atoms with van der Waals surface area (Å²) in [5, 5.41) is 17.8. The Morgan fingerprint density at radius 1 is 1.18 bits per heavy atom. The van der Waals surface area contributed by atoms with E-state index in [1.807, 2.05) is 0 Å². The van der Waals surface area contributed by atoms with Crippen LogP contribution in [0, 0.1) is 0 Å². The smallest absolute Gasteiger partial charge is 0.157 e. The van der Waals surface area contributed by atoms with Gasteiger partial charge in [0.2, 0.25) is 0 Å². The van der Waals surface area contributed by atoms with Crippen molar-refractivity contribution in [2.24, 2.45) is 0 Å². The first-order valence-corrected chi connectivity index (χ1v) is 2.72. The molecule has 0 heterocycles. The van der Waals surface area contributed by atoms with E-state index in [0.717, 1.165) is 0 Å². The molecule has 0 radical (unpaired) electrons. The molecule has 0 aliphatic heterocycles. The molecule has 3 nitrogen and oxygen atoms in total. The topological polar surface area (TPSA) is 57.5 Å². The molecule has 0 atom stereocenters. The fourth-order valence-corrected chi connectivity index (χ4v) is 0.662. The number of rotatable bonds is 1. The van der Waals surface area contributed by atoms with E-state index in [-0.39, 0.29) is 34.1 Å². The third-order valence-corrected chi connectivity index (χ3v) is 1.18. The minimum atomic E-state index is -0.199. The maximum atomic E-state index is 10.1. The van der Waals surface area contributed by atoms with Crippen LogP contribution in [0.25, 0.3) is 0 Å². The SMILES string of the molecule is O=Cc1c(O)cccc1O.[Fe]. The summed E-state index contributed by atoms with van der Waals surface area (Å²) in [6.07, 6.45) is 0.407. The molecule has 0 bridgehead atoms. The Morgan fingerprint density at radius 2 is 1.64 bits per heavy atom. The van der Waals surface area contributed by atoms with Gasteiger partial charge in [-0.15, -0.1) is 0 Å². The number of phenolic OH excluding ortho intramolecular Hbond substituents is 2. The summed E-state index contributed by atoms with van der Waals surface area (Å²) in [5.74, 6) is -0.398. The fourth-order valence-electron chi connectivity index (χ4n) is 0.662.